The summed E-state index contributed by atoms with van der Waals surface area (Å²) in [5, 5.41) is 7.50. The molecule has 3 aromatic rings. The molecule has 1 heterocycles. The Morgan fingerprint density at radius 1 is 1.12 bits per heavy atom. The van der Waals surface area contributed by atoms with Gasteiger partial charge in [0.2, 0.25) is 0 Å². The zero-order chi connectivity index (χ0) is 18.7. The maximum atomic E-state index is 12.9. The molecule has 0 aliphatic rings. The zero-order valence-corrected chi connectivity index (χ0v) is 16.3. The van der Waals surface area contributed by atoms with Gasteiger partial charge in [-0.2, -0.15) is 5.10 Å². The average Bonchev–Trinajstić information content (AvgIpc) is 3.13. The van der Waals surface area contributed by atoms with E-state index in [4.69, 9.17) is 0 Å². The lowest BCUT2D eigenvalue weighted by Gasteiger charge is -2.24. The number of amides is 1. The highest BCUT2D eigenvalue weighted by atomic mass is 32.2. The van der Waals surface area contributed by atoms with Crippen LogP contribution in [0.15, 0.2) is 65.8 Å². The van der Waals surface area contributed by atoms with Gasteiger partial charge in [0.1, 0.15) is 5.54 Å². The van der Waals surface area contributed by atoms with E-state index in [1.807, 2.05) is 68.9 Å². The van der Waals surface area contributed by atoms with Crippen molar-refractivity contribution in [3.8, 4) is 11.1 Å². The molecule has 0 aliphatic carbocycles. The van der Waals surface area contributed by atoms with Gasteiger partial charge in [-0.05, 0) is 50.3 Å². The number of rotatable bonds is 5. The Morgan fingerprint density at radius 2 is 1.81 bits per heavy atom. The minimum absolute atomic E-state index is 0.0987. The highest BCUT2D eigenvalue weighted by Crippen LogP contribution is 2.28. The Kier molecular flexibility index (Phi) is 5.18. The van der Waals surface area contributed by atoms with E-state index >= 15 is 0 Å². The largest absolute Gasteiger partial charge is 0.323 e. The number of anilines is 1. The van der Waals surface area contributed by atoms with E-state index in [-0.39, 0.29) is 5.91 Å². The monoisotopic (exact) mass is 365 g/mol. The number of nitrogens with one attached hydrogen (secondary N) is 1. The van der Waals surface area contributed by atoms with Gasteiger partial charge in [0.25, 0.3) is 5.91 Å². The molecule has 2 aromatic carbocycles. The second-order valence-corrected chi connectivity index (χ2v) is 7.55. The molecule has 5 heteroatoms. The minimum Gasteiger partial charge on any atom is -0.323 e. The van der Waals surface area contributed by atoms with Crippen LogP contribution in [0.2, 0.25) is 0 Å². The first-order valence-corrected chi connectivity index (χ1v) is 9.71. The van der Waals surface area contributed by atoms with Crippen LogP contribution >= 0.6 is 11.8 Å². The molecule has 1 amide bonds. The van der Waals surface area contributed by atoms with Gasteiger partial charge < -0.3 is 5.32 Å². The van der Waals surface area contributed by atoms with Gasteiger partial charge in [-0.1, -0.05) is 36.4 Å². The van der Waals surface area contributed by atoms with Gasteiger partial charge in [-0.25, -0.2) is 0 Å². The third-order valence-corrected chi connectivity index (χ3v) is 5.32. The van der Waals surface area contributed by atoms with Gasteiger partial charge in [-0.15, -0.1) is 11.8 Å². The summed E-state index contributed by atoms with van der Waals surface area (Å²) in [6.07, 6.45) is 5.74. The van der Waals surface area contributed by atoms with Crippen LogP contribution in [0.25, 0.3) is 11.1 Å². The first-order valence-electron chi connectivity index (χ1n) is 8.49. The summed E-state index contributed by atoms with van der Waals surface area (Å²) in [5.41, 5.74) is 3.33. The van der Waals surface area contributed by atoms with Crippen molar-refractivity contribution in [2.75, 3.05) is 11.6 Å². The van der Waals surface area contributed by atoms with Crippen LogP contribution in [0.1, 0.15) is 19.4 Å². The Balaban J connectivity index is 1.86. The average molecular weight is 366 g/mol. The van der Waals surface area contributed by atoms with Gasteiger partial charge >= 0.3 is 0 Å². The summed E-state index contributed by atoms with van der Waals surface area (Å²) in [6.45, 7) is 5.82. The van der Waals surface area contributed by atoms with E-state index in [1.54, 1.807) is 16.4 Å². The quantitative estimate of drug-likeness (QED) is 0.651. The number of thioether (sulfide) groups is 1. The van der Waals surface area contributed by atoms with Crippen molar-refractivity contribution in [2.45, 2.75) is 31.2 Å². The molecule has 0 spiro atoms. The molecule has 4 nitrogen and oxygen atoms in total. The van der Waals surface area contributed by atoms with Gasteiger partial charge in [0.15, 0.2) is 0 Å². The van der Waals surface area contributed by atoms with E-state index in [2.05, 4.69) is 29.5 Å². The molecule has 0 aliphatic heterocycles. The zero-order valence-electron chi connectivity index (χ0n) is 15.5. The van der Waals surface area contributed by atoms with E-state index < -0.39 is 5.54 Å². The lowest BCUT2D eigenvalue weighted by molar-refractivity contribution is -0.123. The highest BCUT2D eigenvalue weighted by Gasteiger charge is 2.31. The molecule has 0 unspecified atom stereocenters. The number of nitrogens with zero attached hydrogens (tertiary/aromatic N) is 2. The van der Waals surface area contributed by atoms with Crippen LogP contribution in [0.5, 0.6) is 0 Å². The van der Waals surface area contributed by atoms with Crippen molar-refractivity contribution in [3.05, 3.63) is 66.5 Å². The molecule has 1 N–H and O–H groups in total. The number of carbonyl (C=O) groups is 1. The summed E-state index contributed by atoms with van der Waals surface area (Å²) in [5.74, 6) is -0.0987. The second kappa shape index (κ2) is 7.38. The molecular weight excluding hydrogens is 342 g/mol. The summed E-state index contributed by atoms with van der Waals surface area (Å²) in [6, 6.07) is 16.0. The summed E-state index contributed by atoms with van der Waals surface area (Å²) >= 11 is 1.61. The number of aromatic nitrogens is 2. The molecule has 0 radical (unpaired) electrons. The molecule has 0 atom stereocenters. The Hall–Kier alpha value is -2.53. The molecule has 0 fully saturated rings. The van der Waals surface area contributed by atoms with Gasteiger partial charge in [0, 0.05) is 16.7 Å². The van der Waals surface area contributed by atoms with Crippen LogP contribution in [0.4, 0.5) is 5.69 Å². The molecule has 0 saturated carbocycles. The number of hydrogen-bond donors (Lipinski definition) is 1. The van der Waals surface area contributed by atoms with Crippen LogP contribution in [0.3, 0.4) is 0 Å². The Morgan fingerprint density at radius 3 is 2.54 bits per heavy atom. The van der Waals surface area contributed by atoms with E-state index in [9.17, 15) is 4.79 Å². The fourth-order valence-corrected chi connectivity index (χ4v) is 3.35. The van der Waals surface area contributed by atoms with Crippen molar-refractivity contribution in [3.63, 3.8) is 0 Å². The lowest BCUT2D eigenvalue weighted by atomic mass is 10.0. The molecule has 0 saturated heterocycles. The topological polar surface area (TPSA) is 46.9 Å². The van der Waals surface area contributed by atoms with Crippen molar-refractivity contribution < 1.29 is 4.79 Å². The van der Waals surface area contributed by atoms with Crippen molar-refractivity contribution in [1.82, 2.24) is 9.78 Å². The Bertz CT molecular complexity index is 930. The SMILES string of the molecule is CSc1ccccc1NC(=O)C(C)(C)n1cc(-c2ccccc2C)cn1. The molecule has 3 rings (SSSR count). The van der Waals surface area contributed by atoms with Crippen LogP contribution in [0, 0.1) is 6.92 Å². The van der Waals surface area contributed by atoms with Crippen LogP contribution < -0.4 is 5.32 Å². The fraction of sp³-hybridized carbons (Fsp3) is 0.238. The maximum absolute atomic E-state index is 12.9. The summed E-state index contributed by atoms with van der Waals surface area (Å²) in [4.78, 5) is 14.0. The highest BCUT2D eigenvalue weighted by molar-refractivity contribution is 7.98. The van der Waals surface area contributed by atoms with Crippen molar-refractivity contribution in [1.29, 1.82) is 0 Å². The predicted octanol–water partition coefficient (Wildman–Crippen LogP) is 4.95. The number of hydrogen-bond acceptors (Lipinski definition) is 3. The smallest absolute Gasteiger partial charge is 0.251 e. The normalized spacial score (nSPS) is 11.4. The lowest BCUT2D eigenvalue weighted by Crippen LogP contribution is -2.40. The molecular formula is C21H23N3OS. The number of carbonyl (C=O) groups excluding carboxylic acids is 1. The van der Waals surface area contributed by atoms with Crippen molar-refractivity contribution in [2.24, 2.45) is 0 Å². The third-order valence-electron chi connectivity index (χ3n) is 4.52. The summed E-state index contributed by atoms with van der Waals surface area (Å²) in [7, 11) is 0. The molecule has 26 heavy (non-hydrogen) atoms. The maximum Gasteiger partial charge on any atom is 0.251 e. The number of para-hydroxylation sites is 1. The van der Waals surface area contributed by atoms with Crippen LogP contribution in [-0.2, 0) is 10.3 Å². The van der Waals surface area contributed by atoms with Crippen LogP contribution in [-0.4, -0.2) is 21.9 Å². The van der Waals surface area contributed by atoms with Gasteiger partial charge in [-0.3, -0.25) is 9.48 Å². The fourth-order valence-electron chi connectivity index (χ4n) is 2.79. The third kappa shape index (κ3) is 3.53. The number of benzene rings is 2. The standard InChI is InChI=1S/C21H23N3OS/c1-15-9-5-6-10-17(15)16-13-22-24(14-16)21(2,3)20(25)23-18-11-7-8-12-19(18)26-4/h5-14H,1-4H3,(H,23,25). The van der Waals surface area contributed by atoms with E-state index in [0.717, 1.165) is 21.7 Å². The first kappa shape index (κ1) is 18.3. The van der Waals surface area contributed by atoms with E-state index in [1.165, 1.54) is 5.56 Å². The molecule has 0 bridgehead atoms. The van der Waals surface area contributed by atoms with Gasteiger partial charge in [0.05, 0.1) is 11.9 Å². The first-order chi connectivity index (χ1) is 12.4. The molecule has 134 valence electrons. The Labute approximate surface area is 158 Å². The predicted molar refractivity (Wildman–Crippen MR) is 109 cm³/mol. The molecule has 1 aromatic heterocycles. The van der Waals surface area contributed by atoms with E-state index in [0.29, 0.717) is 0 Å². The number of aryl methyl sites for hydroxylation is 1. The minimum atomic E-state index is -0.813. The summed E-state index contributed by atoms with van der Waals surface area (Å²) < 4.78 is 1.73. The van der Waals surface area contributed by atoms with Crippen molar-refractivity contribution >= 4 is 23.4 Å². The second-order valence-electron chi connectivity index (χ2n) is 6.70.